The molecule has 0 radical (unpaired) electrons. The van der Waals surface area contributed by atoms with E-state index in [4.69, 9.17) is 4.98 Å². The number of fused-ring (bicyclic) bond motifs is 2. The number of hydrogen-bond donors (Lipinski definition) is 1. The van der Waals surface area contributed by atoms with Crippen LogP contribution in [-0.2, 0) is 18.3 Å². The van der Waals surface area contributed by atoms with Crippen LogP contribution in [0.3, 0.4) is 0 Å². The highest BCUT2D eigenvalue weighted by Crippen LogP contribution is 2.28. The Morgan fingerprint density at radius 2 is 1.95 bits per heavy atom. The number of anilines is 3. The van der Waals surface area contributed by atoms with Gasteiger partial charge in [-0.15, -0.1) is 0 Å². The molecule has 1 amide bonds. The Hall–Kier alpha value is -4.79. The van der Waals surface area contributed by atoms with E-state index < -0.39 is 0 Å². The Bertz CT molecular complexity index is 1740. The number of benzene rings is 2. The summed E-state index contributed by atoms with van der Waals surface area (Å²) in [6.07, 6.45) is 5.62. The fraction of sp³-hybridized carbons (Fsp3) is 0.258. The lowest BCUT2D eigenvalue weighted by atomic mass is 9.99. The molecule has 1 aliphatic rings. The number of aromatic nitrogens is 5. The fourth-order valence-electron chi connectivity index (χ4n) is 5.43. The lowest BCUT2D eigenvalue weighted by Crippen LogP contribution is -2.53. The van der Waals surface area contributed by atoms with E-state index in [1.165, 1.54) is 22.8 Å². The highest BCUT2D eigenvalue weighted by Gasteiger charge is 2.27. The summed E-state index contributed by atoms with van der Waals surface area (Å²) in [7, 11) is 2.01. The molecule has 0 saturated carbocycles. The second kappa shape index (κ2) is 10.4. The maximum Gasteiger partial charge on any atom is 0.246 e. The summed E-state index contributed by atoms with van der Waals surface area (Å²) in [6, 6.07) is 16.9. The number of aryl methyl sites for hydroxylation is 2. The first kappa shape index (κ1) is 25.5. The van der Waals surface area contributed by atoms with Gasteiger partial charge in [0.15, 0.2) is 5.82 Å². The molecule has 1 saturated heterocycles. The van der Waals surface area contributed by atoms with Crippen molar-refractivity contribution in [1.82, 2.24) is 29.4 Å². The van der Waals surface area contributed by atoms with E-state index in [0.717, 1.165) is 34.5 Å². The Morgan fingerprint density at radius 1 is 1.07 bits per heavy atom. The topological polar surface area (TPSA) is 92.1 Å². The third-order valence-electron chi connectivity index (χ3n) is 7.67. The van der Waals surface area contributed by atoms with Gasteiger partial charge in [-0.3, -0.25) is 4.79 Å². The van der Waals surface area contributed by atoms with E-state index in [2.05, 4.69) is 82.0 Å². The standard InChI is InChI=1S/C31H32N8O/c1-5-29(40)38-12-13-39(21(3)17-38)28-11-9-25-30(36-28)31(33-18-32-25)35-24-8-7-23(20(2)14-24)15-22-6-10-27-26(16-22)34-19-37(27)4/h5-11,14,16,18-19,21H,1,12-13,15,17H2,2-4H3,(H,32,33,35)/t21-/m0/s1. The highest BCUT2D eigenvalue weighted by molar-refractivity contribution is 5.89. The third-order valence-corrected chi connectivity index (χ3v) is 7.67. The first-order chi connectivity index (χ1) is 19.4. The van der Waals surface area contributed by atoms with Crippen LogP contribution in [0.4, 0.5) is 17.3 Å². The van der Waals surface area contributed by atoms with Gasteiger partial charge in [-0.2, -0.15) is 0 Å². The van der Waals surface area contributed by atoms with E-state index >= 15 is 0 Å². The SMILES string of the molecule is C=CC(=O)N1CCN(c2ccc3ncnc(Nc4ccc(Cc5ccc6c(c5)ncn6C)c(C)c4)c3n2)[C@@H](C)C1. The van der Waals surface area contributed by atoms with Crippen LogP contribution in [0.15, 0.2) is 73.8 Å². The second-order valence-corrected chi connectivity index (χ2v) is 10.4. The summed E-state index contributed by atoms with van der Waals surface area (Å²) >= 11 is 0. The molecule has 40 heavy (non-hydrogen) atoms. The van der Waals surface area contributed by atoms with E-state index in [-0.39, 0.29) is 11.9 Å². The lowest BCUT2D eigenvalue weighted by molar-refractivity contribution is -0.126. The van der Waals surface area contributed by atoms with Crippen LogP contribution in [0.2, 0.25) is 0 Å². The summed E-state index contributed by atoms with van der Waals surface area (Å²) in [6.45, 7) is 9.81. The van der Waals surface area contributed by atoms with Crippen molar-refractivity contribution >= 4 is 45.3 Å². The maximum atomic E-state index is 12.1. The molecule has 1 atom stereocenters. The van der Waals surface area contributed by atoms with Crippen LogP contribution in [0.25, 0.3) is 22.1 Å². The Morgan fingerprint density at radius 3 is 2.75 bits per heavy atom. The zero-order chi connectivity index (χ0) is 27.8. The minimum Gasteiger partial charge on any atom is -0.350 e. The van der Waals surface area contributed by atoms with Gasteiger partial charge < -0.3 is 19.7 Å². The molecule has 9 heteroatoms. The molecule has 1 N–H and O–H groups in total. The molecule has 1 fully saturated rings. The average Bonchev–Trinajstić information content (AvgIpc) is 3.33. The van der Waals surface area contributed by atoms with Crippen LogP contribution in [-0.4, -0.2) is 61.0 Å². The van der Waals surface area contributed by atoms with Gasteiger partial charge in [0.05, 0.1) is 22.9 Å². The Balaban J connectivity index is 1.22. The van der Waals surface area contributed by atoms with Crippen LogP contribution in [0, 0.1) is 6.92 Å². The van der Waals surface area contributed by atoms with Gasteiger partial charge in [0, 0.05) is 38.4 Å². The summed E-state index contributed by atoms with van der Waals surface area (Å²) in [5, 5.41) is 3.47. The minimum atomic E-state index is -0.0339. The van der Waals surface area contributed by atoms with Crippen LogP contribution >= 0.6 is 0 Å². The number of carbonyl (C=O) groups excluding carboxylic acids is 1. The van der Waals surface area contributed by atoms with Crippen LogP contribution < -0.4 is 10.2 Å². The molecule has 202 valence electrons. The molecule has 3 aromatic heterocycles. The van der Waals surface area contributed by atoms with Gasteiger partial charge in [-0.05, 0) is 79.4 Å². The second-order valence-electron chi connectivity index (χ2n) is 10.4. The van der Waals surface area contributed by atoms with Gasteiger partial charge in [0.25, 0.3) is 0 Å². The molecule has 5 aromatic rings. The van der Waals surface area contributed by atoms with Crippen LogP contribution in [0.5, 0.6) is 0 Å². The van der Waals surface area contributed by atoms with E-state index in [1.54, 1.807) is 6.33 Å². The number of nitrogens with one attached hydrogen (secondary N) is 1. The van der Waals surface area contributed by atoms with E-state index in [9.17, 15) is 4.79 Å². The first-order valence-corrected chi connectivity index (χ1v) is 13.5. The summed E-state index contributed by atoms with van der Waals surface area (Å²) in [5.74, 6) is 1.47. The molecule has 6 rings (SSSR count). The van der Waals surface area contributed by atoms with Crippen LogP contribution in [0.1, 0.15) is 23.6 Å². The van der Waals surface area contributed by atoms with Gasteiger partial charge in [0.1, 0.15) is 17.7 Å². The number of rotatable bonds is 6. The molecular formula is C31H32N8O. The predicted molar refractivity (Wildman–Crippen MR) is 159 cm³/mol. The van der Waals surface area contributed by atoms with Gasteiger partial charge in [-0.25, -0.2) is 19.9 Å². The molecule has 4 heterocycles. The molecule has 0 bridgehead atoms. The molecule has 1 aliphatic heterocycles. The van der Waals surface area contributed by atoms with Crippen molar-refractivity contribution in [3.63, 3.8) is 0 Å². The zero-order valence-electron chi connectivity index (χ0n) is 23.0. The zero-order valence-corrected chi connectivity index (χ0v) is 23.0. The van der Waals surface area contributed by atoms with Crippen molar-refractivity contribution in [3.8, 4) is 0 Å². The van der Waals surface area contributed by atoms with Crippen molar-refractivity contribution in [2.24, 2.45) is 7.05 Å². The van der Waals surface area contributed by atoms with E-state index in [0.29, 0.717) is 31.0 Å². The normalized spacial score (nSPS) is 15.5. The molecular weight excluding hydrogens is 500 g/mol. The van der Waals surface area contributed by atoms with Crippen molar-refractivity contribution < 1.29 is 4.79 Å². The first-order valence-electron chi connectivity index (χ1n) is 13.5. The third kappa shape index (κ3) is 4.86. The smallest absolute Gasteiger partial charge is 0.246 e. The largest absolute Gasteiger partial charge is 0.350 e. The number of carbonyl (C=O) groups is 1. The lowest BCUT2D eigenvalue weighted by Gasteiger charge is -2.40. The van der Waals surface area contributed by atoms with Crippen molar-refractivity contribution in [2.75, 3.05) is 29.9 Å². The maximum absolute atomic E-state index is 12.1. The van der Waals surface area contributed by atoms with E-state index in [1.807, 2.05) is 35.0 Å². The molecule has 0 unspecified atom stereocenters. The molecule has 9 nitrogen and oxygen atoms in total. The Labute approximate surface area is 233 Å². The molecule has 2 aromatic carbocycles. The number of nitrogens with zero attached hydrogens (tertiary/aromatic N) is 7. The molecule has 0 aliphatic carbocycles. The highest BCUT2D eigenvalue weighted by atomic mass is 16.2. The van der Waals surface area contributed by atoms with Gasteiger partial charge in [-0.1, -0.05) is 18.7 Å². The number of imidazole rings is 1. The summed E-state index contributed by atoms with van der Waals surface area (Å²) in [4.78, 5) is 34.6. The minimum absolute atomic E-state index is 0.0339. The number of hydrogen-bond acceptors (Lipinski definition) is 7. The van der Waals surface area contributed by atoms with Crippen molar-refractivity contribution in [2.45, 2.75) is 26.3 Å². The number of amides is 1. The summed E-state index contributed by atoms with van der Waals surface area (Å²) in [5.41, 5.74) is 8.26. The number of piperazine rings is 1. The Kier molecular flexibility index (Phi) is 6.63. The monoisotopic (exact) mass is 532 g/mol. The summed E-state index contributed by atoms with van der Waals surface area (Å²) < 4.78 is 2.03. The quantitative estimate of drug-likeness (QED) is 0.315. The predicted octanol–water partition coefficient (Wildman–Crippen LogP) is 4.78. The fourth-order valence-corrected chi connectivity index (χ4v) is 5.43. The van der Waals surface area contributed by atoms with Crippen molar-refractivity contribution in [1.29, 1.82) is 0 Å². The average molecular weight is 533 g/mol. The number of pyridine rings is 1. The van der Waals surface area contributed by atoms with Gasteiger partial charge >= 0.3 is 0 Å². The van der Waals surface area contributed by atoms with Gasteiger partial charge in [0.2, 0.25) is 5.91 Å². The van der Waals surface area contributed by atoms with Crippen molar-refractivity contribution in [3.05, 3.63) is 90.5 Å². The molecule has 0 spiro atoms.